The fourth-order valence-corrected chi connectivity index (χ4v) is 3.37. The van der Waals surface area contributed by atoms with Crippen LogP contribution in [0, 0.1) is 0 Å². The highest BCUT2D eigenvalue weighted by Crippen LogP contribution is 2.30. The van der Waals surface area contributed by atoms with Crippen LogP contribution in [0.1, 0.15) is 26.3 Å². The number of fused-ring (bicyclic) bond motifs is 1. The van der Waals surface area contributed by atoms with Gasteiger partial charge in [0, 0.05) is 13.0 Å². The van der Waals surface area contributed by atoms with Gasteiger partial charge in [0.1, 0.15) is 24.7 Å². The Morgan fingerprint density at radius 2 is 1.85 bits per heavy atom. The maximum Gasteiger partial charge on any atom is 0.142 e. The van der Waals surface area contributed by atoms with Crippen molar-refractivity contribution in [3.8, 4) is 11.5 Å². The summed E-state index contributed by atoms with van der Waals surface area (Å²) in [5, 5.41) is 0. The van der Waals surface area contributed by atoms with E-state index in [2.05, 4.69) is 36.9 Å². The van der Waals surface area contributed by atoms with Crippen molar-refractivity contribution in [2.45, 2.75) is 32.8 Å². The van der Waals surface area contributed by atoms with E-state index < -0.39 is 0 Å². The third-order valence-corrected chi connectivity index (χ3v) is 4.54. The second-order valence-corrected chi connectivity index (χ2v) is 7.17. The first-order chi connectivity index (χ1) is 12.6. The van der Waals surface area contributed by atoms with Crippen molar-refractivity contribution in [3.05, 3.63) is 54.1 Å². The van der Waals surface area contributed by atoms with E-state index in [0.717, 1.165) is 49.9 Å². The number of ether oxygens (including phenoxy) is 3. The van der Waals surface area contributed by atoms with Gasteiger partial charge in [-0.2, -0.15) is 0 Å². The number of hydrogen-bond donors (Lipinski definition) is 0. The van der Waals surface area contributed by atoms with E-state index in [1.54, 1.807) is 0 Å². The molecule has 4 heteroatoms. The monoisotopic (exact) mass is 355 g/mol. The van der Waals surface area contributed by atoms with Crippen LogP contribution >= 0.6 is 0 Å². The lowest BCUT2D eigenvalue weighted by molar-refractivity contribution is -0.00934. The molecule has 0 unspecified atom stereocenters. The minimum Gasteiger partial charge on any atom is -0.492 e. The summed E-state index contributed by atoms with van der Waals surface area (Å²) in [6.45, 7) is 10.1. The molecule has 0 aliphatic carbocycles. The third-order valence-electron chi connectivity index (χ3n) is 4.54. The molecule has 1 aliphatic rings. The van der Waals surface area contributed by atoms with Gasteiger partial charge in [-0.05, 0) is 50.6 Å². The first kappa shape index (κ1) is 18.6. The summed E-state index contributed by atoms with van der Waals surface area (Å²) < 4.78 is 17.4. The van der Waals surface area contributed by atoms with E-state index in [-0.39, 0.29) is 5.60 Å². The predicted octanol–water partition coefficient (Wildman–Crippen LogP) is 4.32. The Labute approximate surface area is 156 Å². The number of para-hydroxylation sites is 2. The Morgan fingerprint density at radius 1 is 1.08 bits per heavy atom. The molecule has 0 radical (unpaired) electrons. The summed E-state index contributed by atoms with van der Waals surface area (Å²) in [7, 11) is 0. The second kappa shape index (κ2) is 8.45. The highest BCUT2D eigenvalue weighted by atomic mass is 16.5. The minimum absolute atomic E-state index is 0.138. The van der Waals surface area contributed by atoms with Crippen LogP contribution in [0.25, 0.3) is 0 Å². The number of anilines is 1. The zero-order valence-electron chi connectivity index (χ0n) is 16.0. The van der Waals surface area contributed by atoms with Crippen LogP contribution in [-0.4, -0.2) is 38.5 Å². The van der Waals surface area contributed by atoms with Crippen molar-refractivity contribution in [1.29, 1.82) is 0 Å². The Hall–Kier alpha value is -2.20. The van der Waals surface area contributed by atoms with E-state index >= 15 is 0 Å². The molecule has 1 heterocycles. The maximum atomic E-state index is 5.94. The molecular weight excluding hydrogens is 326 g/mol. The van der Waals surface area contributed by atoms with Gasteiger partial charge in [-0.15, -0.1) is 0 Å². The van der Waals surface area contributed by atoms with Crippen molar-refractivity contribution < 1.29 is 14.2 Å². The second-order valence-electron chi connectivity index (χ2n) is 7.17. The van der Waals surface area contributed by atoms with Gasteiger partial charge in [0.2, 0.25) is 0 Å². The molecule has 0 bridgehead atoms. The van der Waals surface area contributed by atoms with Crippen LogP contribution in [-0.2, 0) is 11.2 Å². The van der Waals surface area contributed by atoms with Crippen LogP contribution in [0.3, 0.4) is 0 Å². The normalized spacial score (nSPS) is 13.9. The molecule has 0 spiro atoms. The molecule has 26 heavy (non-hydrogen) atoms. The molecule has 0 saturated carbocycles. The molecule has 0 N–H and O–H groups in total. The molecule has 140 valence electrons. The molecule has 0 aromatic heterocycles. The molecule has 3 rings (SSSR count). The van der Waals surface area contributed by atoms with Gasteiger partial charge >= 0.3 is 0 Å². The lowest BCUT2D eigenvalue weighted by Gasteiger charge is -2.31. The highest BCUT2D eigenvalue weighted by Gasteiger charge is 2.18. The first-order valence-corrected chi connectivity index (χ1v) is 9.40. The standard InChI is InChI=1S/C22H29NO3/c1-4-26-22(2,3)17-18-9-11-19(12-10-18)24-15-13-23-14-16-25-21-8-6-5-7-20(21)23/h5-12H,4,13-17H2,1-3H3. The Balaban J connectivity index is 1.50. The Morgan fingerprint density at radius 3 is 2.62 bits per heavy atom. The summed E-state index contributed by atoms with van der Waals surface area (Å²) in [6, 6.07) is 16.5. The molecule has 0 saturated heterocycles. The van der Waals surface area contributed by atoms with Crippen molar-refractivity contribution in [2.24, 2.45) is 0 Å². The van der Waals surface area contributed by atoms with Crippen LogP contribution in [0.2, 0.25) is 0 Å². The van der Waals surface area contributed by atoms with Gasteiger partial charge in [0.25, 0.3) is 0 Å². The molecule has 0 atom stereocenters. The summed E-state index contributed by atoms with van der Waals surface area (Å²) in [6.07, 6.45) is 0.895. The fourth-order valence-electron chi connectivity index (χ4n) is 3.37. The zero-order chi connectivity index (χ0) is 18.4. The number of hydrogen-bond acceptors (Lipinski definition) is 4. The van der Waals surface area contributed by atoms with Gasteiger partial charge in [0.05, 0.1) is 24.4 Å². The van der Waals surface area contributed by atoms with Crippen molar-refractivity contribution >= 4 is 5.69 Å². The van der Waals surface area contributed by atoms with Crippen molar-refractivity contribution in [2.75, 3.05) is 37.8 Å². The van der Waals surface area contributed by atoms with Crippen LogP contribution < -0.4 is 14.4 Å². The molecular formula is C22H29NO3. The number of benzene rings is 2. The molecule has 4 nitrogen and oxygen atoms in total. The Kier molecular flexibility index (Phi) is 6.04. The van der Waals surface area contributed by atoms with E-state index in [0.29, 0.717) is 6.61 Å². The average Bonchev–Trinajstić information content (AvgIpc) is 2.63. The summed E-state index contributed by atoms with van der Waals surface area (Å²) >= 11 is 0. The SMILES string of the molecule is CCOC(C)(C)Cc1ccc(OCCN2CCOc3ccccc32)cc1. The number of rotatable bonds is 8. The van der Waals surface area contributed by atoms with Gasteiger partial charge in [-0.3, -0.25) is 0 Å². The van der Waals surface area contributed by atoms with Gasteiger partial charge < -0.3 is 19.1 Å². The van der Waals surface area contributed by atoms with Crippen LogP contribution in [0.5, 0.6) is 11.5 Å². The quantitative estimate of drug-likeness (QED) is 0.705. The lowest BCUT2D eigenvalue weighted by atomic mass is 9.98. The summed E-state index contributed by atoms with van der Waals surface area (Å²) in [5.74, 6) is 1.87. The summed E-state index contributed by atoms with van der Waals surface area (Å²) in [4.78, 5) is 2.32. The Bertz CT molecular complexity index is 697. The molecule has 0 fully saturated rings. The third kappa shape index (κ3) is 4.92. The van der Waals surface area contributed by atoms with Crippen LogP contribution in [0.4, 0.5) is 5.69 Å². The first-order valence-electron chi connectivity index (χ1n) is 9.40. The summed E-state index contributed by atoms with van der Waals surface area (Å²) in [5.41, 5.74) is 2.27. The molecule has 2 aromatic rings. The van der Waals surface area contributed by atoms with E-state index in [4.69, 9.17) is 14.2 Å². The lowest BCUT2D eigenvalue weighted by Crippen LogP contribution is -2.35. The van der Waals surface area contributed by atoms with Crippen LogP contribution in [0.15, 0.2) is 48.5 Å². The fraction of sp³-hybridized carbons (Fsp3) is 0.455. The highest BCUT2D eigenvalue weighted by molar-refractivity contribution is 5.59. The van der Waals surface area contributed by atoms with Crippen molar-refractivity contribution in [3.63, 3.8) is 0 Å². The van der Waals surface area contributed by atoms with Gasteiger partial charge in [0.15, 0.2) is 0 Å². The maximum absolute atomic E-state index is 5.94. The minimum atomic E-state index is -0.138. The van der Waals surface area contributed by atoms with Gasteiger partial charge in [-0.25, -0.2) is 0 Å². The molecule has 2 aromatic carbocycles. The predicted molar refractivity (Wildman–Crippen MR) is 105 cm³/mol. The number of nitrogens with zero attached hydrogens (tertiary/aromatic N) is 1. The smallest absolute Gasteiger partial charge is 0.142 e. The molecule has 0 amide bonds. The van der Waals surface area contributed by atoms with E-state index in [1.165, 1.54) is 5.56 Å². The van der Waals surface area contributed by atoms with E-state index in [1.807, 2.05) is 37.3 Å². The molecule has 1 aliphatic heterocycles. The van der Waals surface area contributed by atoms with Crippen molar-refractivity contribution in [1.82, 2.24) is 0 Å². The topological polar surface area (TPSA) is 30.9 Å². The van der Waals surface area contributed by atoms with E-state index in [9.17, 15) is 0 Å². The largest absolute Gasteiger partial charge is 0.492 e. The van der Waals surface area contributed by atoms with Gasteiger partial charge in [-0.1, -0.05) is 24.3 Å². The zero-order valence-corrected chi connectivity index (χ0v) is 16.0. The average molecular weight is 355 g/mol.